The van der Waals surface area contributed by atoms with E-state index in [2.05, 4.69) is 23.1 Å². The van der Waals surface area contributed by atoms with Crippen LogP contribution in [0.2, 0.25) is 0 Å². The third-order valence-electron chi connectivity index (χ3n) is 7.35. The monoisotopic (exact) mass is 311 g/mol. The van der Waals surface area contributed by atoms with Gasteiger partial charge in [-0.15, -0.1) is 0 Å². The van der Waals surface area contributed by atoms with E-state index >= 15 is 0 Å². The van der Waals surface area contributed by atoms with Crippen LogP contribution in [0.25, 0.3) is 0 Å². The number of piperidine rings is 1. The van der Waals surface area contributed by atoms with Crippen LogP contribution in [0, 0.1) is 11.8 Å². The van der Waals surface area contributed by atoms with Gasteiger partial charge in [-0.1, -0.05) is 18.9 Å². The fraction of sp³-hybridized carbons (Fsp3) is 0.714. The van der Waals surface area contributed by atoms with Crippen molar-refractivity contribution in [1.29, 1.82) is 0 Å². The van der Waals surface area contributed by atoms with Crippen LogP contribution in [0.1, 0.15) is 56.1 Å². The van der Waals surface area contributed by atoms with E-state index in [0.29, 0.717) is 5.41 Å². The molecule has 2 nitrogen and oxygen atoms in total. The molecule has 2 bridgehead atoms. The summed E-state index contributed by atoms with van der Waals surface area (Å²) in [5, 5.41) is 0. The number of benzene rings is 1. The van der Waals surface area contributed by atoms with Gasteiger partial charge in [-0.2, -0.15) is 0 Å². The highest BCUT2D eigenvalue weighted by atomic mass is 16.5. The molecule has 1 aromatic carbocycles. The van der Waals surface area contributed by atoms with Gasteiger partial charge in [0.15, 0.2) is 0 Å². The van der Waals surface area contributed by atoms with Crippen LogP contribution in [-0.2, 0) is 11.8 Å². The fourth-order valence-electron chi connectivity index (χ4n) is 6.05. The molecule has 4 aliphatic rings. The Labute approximate surface area is 140 Å². The normalized spacial score (nSPS) is 36.2. The Kier molecular flexibility index (Phi) is 3.27. The molecule has 0 spiro atoms. The average Bonchev–Trinajstić information content (AvgIpc) is 3.41. The highest BCUT2D eigenvalue weighted by molar-refractivity contribution is 5.45. The third-order valence-corrected chi connectivity index (χ3v) is 7.35. The molecule has 124 valence electrons. The highest BCUT2D eigenvalue weighted by Gasteiger charge is 2.54. The van der Waals surface area contributed by atoms with E-state index in [1.54, 1.807) is 11.1 Å². The van der Waals surface area contributed by atoms with E-state index in [9.17, 15) is 0 Å². The molecule has 23 heavy (non-hydrogen) atoms. The first-order chi connectivity index (χ1) is 11.3. The number of hydrogen-bond acceptors (Lipinski definition) is 2. The summed E-state index contributed by atoms with van der Waals surface area (Å²) in [5.74, 6) is 2.97. The van der Waals surface area contributed by atoms with Gasteiger partial charge in [0.2, 0.25) is 0 Å². The Hall–Kier alpha value is -1.02. The first-order valence-corrected chi connectivity index (χ1v) is 9.71. The topological polar surface area (TPSA) is 12.5 Å². The Bertz CT molecular complexity index is 608. The second-order valence-electron chi connectivity index (χ2n) is 8.49. The van der Waals surface area contributed by atoms with E-state index in [4.69, 9.17) is 4.74 Å². The second-order valence-corrected chi connectivity index (χ2v) is 8.49. The Balaban J connectivity index is 1.57. The summed E-state index contributed by atoms with van der Waals surface area (Å²) >= 11 is 0. The molecule has 0 radical (unpaired) electrons. The van der Waals surface area contributed by atoms with Crippen molar-refractivity contribution in [2.45, 2.75) is 62.8 Å². The molecule has 0 unspecified atom stereocenters. The van der Waals surface area contributed by atoms with Gasteiger partial charge in [0, 0.05) is 18.0 Å². The van der Waals surface area contributed by atoms with Crippen LogP contribution in [0.15, 0.2) is 18.2 Å². The minimum Gasteiger partial charge on any atom is -0.497 e. The van der Waals surface area contributed by atoms with Crippen LogP contribution in [0.5, 0.6) is 5.75 Å². The van der Waals surface area contributed by atoms with Gasteiger partial charge in [0.05, 0.1) is 7.11 Å². The summed E-state index contributed by atoms with van der Waals surface area (Å²) in [6.07, 6.45) is 11.3. The molecule has 5 rings (SSSR count). The number of rotatable bonds is 3. The Morgan fingerprint density at radius 3 is 2.91 bits per heavy atom. The van der Waals surface area contributed by atoms with Gasteiger partial charge in [0.25, 0.3) is 0 Å². The predicted octanol–water partition coefficient (Wildman–Crippen LogP) is 4.16. The van der Waals surface area contributed by atoms with Crippen LogP contribution in [0.4, 0.5) is 0 Å². The first kappa shape index (κ1) is 14.3. The lowest BCUT2D eigenvalue weighted by molar-refractivity contribution is -0.0134. The maximum Gasteiger partial charge on any atom is 0.119 e. The van der Waals surface area contributed by atoms with Crippen molar-refractivity contribution >= 4 is 0 Å². The second kappa shape index (κ2) is 5.24. The minimum atomic E-state index is 0.463. The molecule has 0 amide bonds. The van der Waals surface area contributed by atoms with Crippen molar-refractivity contribution in [3.05, 3.63) is 29.3 Å². The number of hydrogen-bond donors (Lipinski definition) is 0. The molecule has 1 heterocycles. The summed E-state index contributed by atoms with van der Waals surface area (Å²) in [6.45, 7) is 2.71. The lowest BCUT2D eigenvalue weighted by atomic mass is 9.52. The number of likely N-dealkylation sites (tertiary alicyclic amines) is 1. The molecule has 3 atom stereocenters. The van der Waals surface area contributed by atoms with Crippen molar-refractivity contribution in [1.82, 2.24) is 4.90 Å². The number of fused-ring (bicyclic) bond motifs is 1. The Morgan fingerprint density at radius 2 is 2.09 bits per heavy atom. The minimum absolute atomic E-state index is 0.463. The van der Waals surface area contributed by atoms with Crippen molar-refractivity contribution in [2.75, 3.05) is 20.2 Å². The summed E-state index contributed by atoms with van der Waals surface area (Å²) in [7, 11) is 1.81. The van der Waals surface area contributed by atoms with Gasteiger partial charge in [-0.25, -0.2) is 0 Å². The standard InChI is InChI=1S/C21H29NO/c1-23-17-8-7-16-12-20-18-4-2-3-9-21(18,19(16)13-17)10-11-22(20)14-15-5-6-15/h7-8,13,15,18,20H,2-6,9-12,14H2,1H3/t18-,20+,21+/m1/s1. The third kappa shape index (κ3) is 2.17. The van der Waals surface area contributed by atoms with E-state index < -0.39 is 0 Å². The largest absolute Gasteiger partial charge is 0.497 e. The van der Waals surface area contributed by atoms with E-state index in [1.807, 2.05) is 7.11 Å². The van der Waals surface area contributed by atoms with Gasteiger partial charge < -0.3 is 4.74 Å². The summed E-state index contributed by atoms with van der Waals surface area (Å²) in [4.78, 5) is 2.89. The molecule has 3 aliphatic carbocycles. The van der Waals surface area contributed by atoms with Gasteiger partial charge in [0.1, 0.15) is 5.75 Å². The van der Waals surface area contributed by atoms with Crippen LogP contribution >= 0.6 is 0 Å². The average molecular weight is 311 g/mol. The molecule has 2 heteroatoms. The molecule has 0 aromatic heterocycles. The Morgan fingerprint density at radius 1 is 1.17 bits per heavy atom. The van der Waals surface area contributed by atoms with Gasteiger partial charge >= 0.3 is 0 Å². The van der Waals surface area contributed by atoms with Crippen molar-refractivity contribution < 1.29 is 4.74 Å². The summed E-state index contributed by atoms with van der Waals surface area (Å²) in [5.41, 5.74) is 3.74. The van der Waals surface area contributed by atoms with Crippen LogP contribution in [0.3, 0.4) is 0 Å². The quantitative estimate of drug-likeness (QED) is 0.831. The van der Waals surface area contributed by atoms with Crippen LogP contribution in [-0.4, -0.2) is 31.1 Å². The van der Waals surface area contributed by atoms with E-state index in [-0.39, 0.29) is 0 Å². The zero-order valence-corrected chi connectivity index (χ0v) is 14.4. The van der Waals surface area contributed by atoms with Gasteiger partial charge in [-0.3, -0.25) is 4.90 Å². The number of ether oxygens (including phenoxy) is 1. The van der Waals surface area contributed by atoms with Crippen molar-refractivity contribution in [2.24, 2.45) is 11.8 Å². The van der Waals surface area contributed by atoms with E-state index in [1.165, 1.54) is 64.5 Å². The maximum absolute atomic E-state index is 5.57. The highest BCUT2D eigenvalue weighted by Crippen LogP contribution is 2.56. The van der Waals surface area contributed by atoms with Crippen molar-refractivity contribution in [3.63, 3.8) is 0 Å². The maximum atomic E-state index is 5.57. The van der Waals surface area contributed by atoms with Crippen molar-refractivity contribution in [3.8, 4) is 5.75 Å². The number of methoxy groups -OCH3 is 1. The molecular formula is C21H29NO. The van der Waals surface area contributed by atoms with Crippen LogP contribution < -0.4 is 4.74 Å². The molecule has 3 fully saturated rings. The molecule has 1 aromatic rings. The lowest BCUT2D eigenvalue weighted by Crippen LogP contribution is -2.61. The fourth-order valence-corrected chi connectivity index (χ4v) is 6.05. The van der Waals surface area contributed by atoms with Gasteiger partial charge in [-0.05, 0) is 80.2 Å². The summed E-state index contributed by atoms with van der Waals surface area (Å²) < 4.78 is 5.57. The predicted molar refractivity (Wildman–Crippen MR) is 93.0 cm³/mol. The summed E-state index contributed by atoms with van der Waals surface area (Å²) in [6, 6.07) is 7.75. The SMILES string of the molecule is COc1ccc2c(c1)[C@]13CCCC[C@@H]1[C@H](C2)N(CC1CC1)CC3. The van der Waals surface area contributed by atoms with E-state index in [0.717, 1.165) is 23.6 Å². The molecule has 2 saturated carbocycles. The number of nitrogens with zero attached hydrogens (tertiary/aromatic N) is 1. The zero-order chi connectivity index (χ0) is 15.4. The smallest absolute Gasteiger partial charge is 0.119 e. The first-order valence-electron chi connectivity index (χ1n) is 9.71. The molecule has 1 saturated heterocycles. The lowest BCUT2D eigenvalue weighted by Gasteiger charge is -2.59. The molecular weight excluding hydrogens is 282 g/mol. The molecule has 1 aliphatic heterocycles. The molecule has 0 N–H and O–H groups in total. The zero-order valence-electron chi connectivity index (χ0n) is 14.4.